The number of fused-ring (bicyclic) bond motifs is 10. The van der Waals surface area contributed by atoms with Gasteiger partial charge in [0, 0.05) is 54.9 Å². The SMILES string of the molecule is Cc1ccc(N2c3cc4c(cc3P3(=O)c5cc6oc7ccccc7c6cc5N(c5ccc(C)cc5)c5cc(N(c6ccccc6)c6ccccc6)cc2c53)oc2ccccc24)cc1. The first-order valence-corrected chi connectivity index (χ1v) is 23.0. The van der Waals surface area contributed by atoms with Crippen LogP contribution in [0.2, 0.25) is 0 Å². The van der Waals surface area contributed by atoms with E-state index in [0.29, 0.717) is 11.2 Å². The van der Waals surface area contributed by atoms with E-state index in [1.807, 2.05) is 48.5 Å². The molecule has 4 heterocycles. The van der Waals surface area contributed by atoms with Crippen molar-refractivity contribution in [2.24, 2.45) is 0 Å². The zero-order chi connectivity index (χ0) is 42.0. The topological polar surface area (TPSA) is 53.1 Å². The number of aryl methyl sites for hydroxylation is 2. The van der Waals surface area contributed by atoms with Gasteiger partial charge in [-0.1, -0.05) is 108 Å². The molecule has 2 aromatic heterocycles. The Hall–Kier alpha value is -7.79. The first-order valence-electron chi connectivity index (χ1n) is 21.3. The maximum absolute atomic E-state index is 17.6. The molecule has 7 heteroatoms. The Kier molecular flexibility index (Phi) is 7.61. The molecule has 0 atom stereocenters. The summed E-state index contributed by atoms with van der Waals surface area (Å²) in [6.45, 7) is 4.22. The molecule has 0 fully saturated rings. The molecule has 0 radical (unpaired) electrons. The van der Waals surface area contributed by atoms with E-state index in [2.05, 4.69) is 174 Å². The third-order valence-corrected chi connectivity index (χ3v) is 16.0. The van der Waals surface area contributed by atoms with Crippen LogP contribution in [0.4, 0.5) is 51.2 Å². The van der Waals surface area contributed by atoms with E-state index in [-0.39, 0.29) is 0 Å². The molecule has 0 aliphatic carbocycles. The number of hydrogen-bond acceptors (Lipinski definition) is 6. The summed E-state index contributed by atoms with van der Waals surface area (Å²) in [6.07, 6.45) is 0. The second-order valence-electron chi connectivity index (χ2n) is 16.7. The van der Waals surface area contributed by atoms with Crippen molar-refractivity contribution < 1.29 is 13.4 Å². The van der Waals surface area contributed by atoms with Gasteiger partial charge >= 0.3 is 0 Å². The summed E-state index contributed by atoms with van der Waals surface area (Å²) >= 11 is 0. The summed E-state index contributed by atoms with van der Waals surface area (Å²) < 4.78 is 30.8. The molecule has 0 bridgehead atoms. The third-order valence-electron chi connectivity index (χ3n) is 12.8. The number of benzene rings is 9. The van der Waals surface area contributed by atoms with Gasteiger partial charge in [-0.05, 0) is 111 Å². The highest BCUT2D eigenvalue weighted by Crippen LogP contribution is 2.63. The molecule has 2 aliphatic rings. The van der Waals surface area contributed by atoms with E-state index in [0.717, 1.165) is 111 Å². The smallest absolute Gasteiger partial charge is 0.179 e. The van der Waals surface area contributed by atoms with Gasteiger partial charge in [0.05, 0.1) is 33.7 Å². The van der Waals surface area contributed by atoms with Gasteiger partial charge in [0.1, 0.15) is 22.3 Å². The van der Waals surface area contributed by atoms with Gasteiger partial charge in [0.15, 0.2) is 7.14 Å². The van der Waals surface area contributed by atoms with Crippen LogP contribution in [0.5, 0.6) is 0 Å². The van der Waals surface area contributed by atoms with Crippen molar-refractivity contribution in [2.75, 3.05) is 14.7 Å². The van der Waals surface area contributed by atoms with Crippen LogP contribution in [0.25, 0.3) is 43.9 Å². The minimum Gasteiger partial charge on any atom is -0.456 e. The normalized spacial score (nSPS) is 13.7. The number of nitrogens with zero attached hydrogens (tertiary/aromatic N) is 3. The molecular weight excluding hydrogens is 794 g/mol. The zero-order valence-electron chi connectivity index (χ0n) is 34.5. The number of para-hydroxylation sites is 4. The first kappa shape index (κ1) is 35.9. The van der Waals surface area contributed by atoms with Crippen molar-refractivity contribution >= 4 is 118 Å². The van der Waals surface area contributed by atoms with Gasteiger partial charge < -0.3 is 28.1 Å². The van der Waals surface area contributed by atoms with Gasteiger partial charge in [-0.25, -0.2) is 0 Å². The van der Waals surface area contributed by atoms with Crippen LogP contribution in [0.1, 0.15) is 11.1 Å². The highest BCUT2D eigenvalue weighted by atomic mass is 31.2. The van der Waals surface area contributed by atoms with E-state index in [9.17, 15) is 0 Å². The lowest BCUT2D eigenvalue weighted by Gasteiger charge is -2.45. The molecule has 6 nitrogen and oxygen atoms in total. The molecule has 9 aromatic carbocycles. The molecule has 13 rings (SSSR count). The van der Waals surface area contributed by atoms with Crippen molar-refractivity contribution in [3.63, 3.8) is 0 Å². The summed E-state index contributed by atoms with van der Waals surface area (Å²) in [7, 11) is -3.76. The quantitative estimate of drug-likeness (QED) is 0.161. The fourth-order valence-corrected chi connectivity index (χ4v) is 13.2. The van der Waals surface area contributed by atoms with Gasteiger partial charge in [0.2, 0.25) is 0 Å². The predicted octanol–water partition coefficient (Wildman–Crippen LogP) is 14.8. The van der Waals surface area contributed by atoms with E-state index in [1.54, 1.807) is 0 Å². The summed E-state index contributed by atoms with van der Waals surface area (Å²) in [4.78, 5) is 6.94. The molecule has 0 unspecified atom stereocenters. The van der Waals surface area contributed by atoms with Crippen LogP contribution in [-0.2, 0) is 4.57 Å². The number of hydrogen-bond donors (Lipinski definition) is 0. The van der Waals surface area contributed by atoms with Crippen molar-refractivity contribution in [1.82, 2.24) is 0 Å². The van der Waals surface area contributed by atoms with E-state index >= 15 is 4.57 Å². The van der Waals surface area contributed by atoms with Gasteiger partial charge in [-0.2, -0.15) is 0 Å². The maximum atomic E-state index is 17.6. The molecule has 0 spiro atoms. The number of rotatable bonds is 5. The summed E-state index contributed by atoms with van der Waals surface area (Å²) in [5, 5.41) is 6.16. The van der Waals surface area contributed by atoms with Crippen LogP contribution in [0, 0.1) is 13.8 Å². The van der Waals surface area contributed by atoms with Gasteiger partial charge in [-0.3, -0.25) is 0 Å². The average molecular weight is 832 g/mol. The minimum absolute atomic E-state index is 0.697. The van der Waals surface area contributed by atoms with Crippen molar-refractivity contribution in [3.05, 3.63) is 205 Å². The fourth-order valence-electron chi connectivity index (χ4n) is 9.92. The Balaban J connectivity index is 1.22. The molecule has 11 aromatic rings. The van der Waals surface area contributed by atoms with E-state index in [4.69, 9.17) is 8.83 Å². The lowest BCUT2D eigenvalue weighted by molar-refractivity contribution is 0.592. The molecule has 0 N–H and O–H groups in total. The summed E-state index contributed by atoms with van der Waals surface area (Å²) in [5.74, 6) is 0. The van der Waals surface area contributed by atoms with E-state index < -0.39 is 7.14 Å². The number of anilines is 9. The molecule has 2 aliphatic heterocycles. The second-order valence-corrected chi connectivity index (χ2v) is 19.3. The molecule has 0 amide bonds. The molecule has 300 valence electrons. The molecular formula is C56H38N3O3P. The molecule has 0 saturated carbocycles. The monoisotopic (exact) mass is 831 g/mol. The maximum Gasteiger partial charge on any atom is 0.179 e. The van der Waals surface area contributed by atoms with Gasteiger partial charge in [-0.15, -0.1) is 0 Å². The van der Waals surface area contributed by atoms with Crippen LogP contribution in [0.15, 0.2) is 203 Å². The van der Waals surface area contributed by atoms with Crippen molar-refractivity contribution in [2.45, 2.75) is 13.8 Å². The third kappa shape index (κ3) is 5.22. The number of furan rings is 2. The van der Waals surface area contributed by atoms with Crippen molar-refractivity contribution in [1.29, 1.82) is 0 Å². The molecule has 63 heavy (non-hydrogen) atoms. The van der Waals surface area contributed by atoms with Crippen LogP contribution in [-0.4, -0.2) is 0 Å². The van der Waals surface area contributed by atoms with Crippen molar-refractivity contribution in [3.8, 4) is 0 Å². The minimum atomic E-state index is -3.76. The highest BCUT2D eigenvalue weighted by molar-refractivity contribution is 7.86. The molecule has 0 saturated heterocycles. The summed E-state index contributed by atoms with van der Waals surface area (Å²) in [5.41, 5.74) is 13.5. The van der Waals surface area contributed by atoms with Gasteiger partial charge in [0.25, 0.3) is 0 Å². The predicted molar refractivity (Wildman–Crippen MR) is 261 cm³/mol. The van der Waals surface area contributed by atoms with E-state index in [1.165, 1.54) is 0 Å². The second kappa shape index (κ2) is 13.4. The Morgan fingerprint density at radius 3 is 1.25 bits per heavy atom. The Labute approximate surface area is 363 Å². The highest BCUT2D eigenvalue weighted by Gasteiger charge is 2.50. The lowest BCUT2D eigenvalue weighted by Crippen LogP contribution is -2.43. The van der Waals surface area contributed by atoms with Crippen LogP contribution in [0.3, 0.4) is 0 Å². The Morgan fingerprint density at radius 1 is 0.397 bits per heavy atom. The first-order chi connectivity index (χ1) is 30.9. The average Bonchev–Trinajstić information content (AvgIpc) is 3.87. The lowest BCUT2D eigenvalue weighted by atomic mass is 10.0. The fraction of sp³-hybridized carbons (Fsp3) is 0.0357. The summed E-state index contributed by atoms with van der Waals surface area (Å²) in [6, 6.07) is 67.5. The Bertz CT molecular complexity index is 3450. The van der Waals surface area contributed by atoms with Crippen LogP contribution < -0.4 is 30.6 Å². The zero-order valence-corrected chi connectivity index (χ0v) is 35.4. The van der Waals surface area contributed by atoms with Crippen LogP contribution >= 0.6 is 7.14 Å². The standard InChI is InChI=1S/C56H38N3O3P/c1-35-21-25-39(26-22-35)58-46-31-44-42-17-9-11-19-50(42)61-52(44)33-54(46)63(60)55-34-53-45(43-18-10-12-20-51(43)62-53)32-47(55)59(40-27-23-36(2)24-28-40)49-30-41(29-48(58)56(49)63)57(37-13-5-3-6-14-37)38-15-7-4-8-16-38/h3-34H,1-2H3. The largest absolute Gasteiger partial charge is 0.456 e. The Morgan fingerprint density at radius 2 is 0.810 bits per heavy atom.